The van der Waals surface area contributed by atoms with E-state index in [1.807, 2.05) is 43.0 Å². The van der Waals surface area contributed by atoms with Crippen molar-refractivity contribution in [1.29, 1.82) is 0 Å². The fraction of sp³-hybridized carbons (Fsp3) is 0.195. The van der Waals surface area contributed by atoms with Gasteiger partial charge in [0.2, 0.25) is 0 Å². The minimum atomic E-state index is 0.0238. The lowest BCUT2D eigenvalue weighted by molar-refractivity contribution is 0.484. The molecule has 0 aliphatic rings. The van der Waals surface area contributed by atoms with E-state index in [1.54, 1.807) is 0 Å². The summed E-state index contributed by atoms with van der Waals surface area (Å²) in [5.74, 6) is 3.24. The Morgan fingerprint density at radius 2 is 1.00 bits per heavy atom. The first-order valence-electron chi connectivity index (χ1n) is 16.1. The van der Waals surface area contributed by atoms with Gasteiger partial charge in [-0.3, -0.25) is 14.1 Å². The molecule has 5 heterocycles. The molecule has 0 fully saturated rings. The first kappa shape index (κ1) is 28.9. The van der Waals surface area contributed by atoms with Crippen LogP contribution in [0.2, 0.25) is 0 Å². The summed E-state index contributed by atoms with van der Waals surface area (Å²) in [6, 6.07) is 31.6. The Labute approximate surface area is 274 Å². The Kier molecular flexibility index (Phi) is 6.48. The fourth-order valence-electron chi connectivity index (χ4n) is 6.47. The lowest BCUT2D eigenvalue weighted by Crippen LogP contribution is -2.11. The smallest absolute Gasteiger partial charge is 0.137 e. The van der Waals surface area contributed by atoms with Crippen LogP contribution in [0.25, 0.3) is 55.2 Å². The van der Waals surface area contributed by atoms with Crippen LogP contribution in [0.15, 0.2) is 116 Å². The second-order valence-electron chi connectivity index (χ2n) is 14.4. The summed E-state index contributed by atoms with van der Waals surface area (Å²) in [6.45, 7) is 13.2. The average molecular weight is 616 g/mol. The van der Waals surface area contributed by atoms with Crippen LogP contribution in [0.1, 0.15) is 52.7 Å². The summed E-state index contributed by atoms with van der Waals surface area (Å²) < 4.78 is 11.0. The van der Waals surface area contributed by atoms with Gasteiger partial charge in [0.15, 0.2) is 0 Å². The van der Waals surface area contributed by atoms with Gasteiger partial charge in [-0.2, -0.15) is 0 Å². The normalized spacial score (nSPS) is 12.5. The van der Waals surface area contributed by atoms with Crippen LogP contribution in [-0.2, 0) is 10.8 Å². The van der Waals surface area contributed by atoms with Crippen molar-refractivity contribution in [1.82, 2.24) is 24.1 Å². The van der Waals surface area contributed by atoms with Crippen molar-refractivity contribution in [3.8, 4) is 23.1 Å². The van der Waals surface area contributed by atoms with Crippen LogP contribution in [-0.4, -0.2) is 24.1 Å². The Morgan fingerprint density at radius 3 is 1.53 bits per heavy atom. The minimum absolute atomic E-state index is 0.0238. The van der Waals surface area contributed by atoms with E-state index in [4.69, 9.17) is 14.7 Å². The third-order valence-corrected chi connectivity index (χ3v) is 9.11. The number of hydrogen-bond acceptors (Lipinski definition) is 4. The van der Waals surface area contributed by atoms with Crippen molar-refractivity contribution in [3.05, 3.63) is 127 Å². The van der Waals surface area contributed by atoms with Crippen LogP contribution < -0.4 is 4.74 Å². The molecule has 0 saturated carbocycles. The first-order chi connectivity index (χ1) is 22.6. The quantitative estimate of drug-likeness (QED) is 0.198. The van der Waals surface area contributed by atoms with Crippen molar-refractivity contribution in [2.24, 2.45) is 0 Å². The topological polar surface area (TPSA) is 57.8 Å². The summed E-state index contributed by atoms with van der Waals surface area (Å²) in [7, 11) is 0. The van der Waals surface area contributed by atoms with E-state index in [9.17, 15) is 0 Å². The molecule has 8 aromatic rings. The van der Waals surface area contributed by atoms with Crippen LogP contribution in [0.5, 0.6) is 11.5 Å². The Hall–Kier alpha value is -5.49. The molecule has 0 spiro atoms. The number of nitrogens with zero attached hydrogens (tertiary/aromatic N) is 5. The molecule has 0 saturated heterocycles. The highest BCUT2D eigenvalue weighted by Crippen LogP contribution is 2.38. The zero-order valence-electron chi connectivity index (χ0n) is 27.6. The zero-order valence-corrected chi connectivity index (χ0v) is 27.6. The van der Waals surface area contributed by atoms with Crippen molar-refractivity contribution >= 4 is 43.6 Å². The van der Waals surface area contributed by atoms with Gasteiger partial charge in [-0.05, 0) is 70.5 Å². The molecular weight excluding hydrogens is 578 g/mol. The lowest BCUT2D eigenvalue weighted by Gasteiger charge is -2.19. The fourth-order valence-corrected chi connectivity index (χ4v) is 6.47. The van der Waals surface area contributed by atoms with Crippen LogP contribution in [0, 0.1) is 0 Å². The standard InChI is InChI=1S/C41H37N5O/c1-40(2,3)26-11-17-38(43-23-26)45-34-10-8-7-9-30(34)31-15-13-28(21-36(31)45)47-29-14-16-32-33-25-42-20-19-35(33)46(37(32)22-29)39-18-12-27(24-44-39)41(4,5)6/h7-25H,1-6H3. The number of fused-ring (bicyclic) bond motifs is 6. The molecule has 0 amide bonds. The Morgan fingerprint density at radius 1 is 0.489 bits per heavy atom. The van der Waals surface area contributed by atoms with Crippen molar-refractivity contribution < 1.29 is 4.74 Å². The molecule has 0 aliphatic carbocycles. The molecule has 0 radical (unpaired) electrons. The molecule has 3 aromatic carbocycles. The van der Waals surface area contributed by atoms with E-state index in [0.29, 0.717) is 0 Å². The van der Waals surface area contributed by atoms with Gasteiger partial charge < -0.3 is 4.74 Å². The van der Waals surface area contributed by atoms with Gasteiger partial charge in [0.05, 0.1) is 22.1 Å². The predicted molar refractivity (Wildman–Crippen MR) is 192 cm³/mol. The van der Waals surface area contributed by atoms with Gasteiger partial charge in [0.1, 0.15) is 23.1 Å². The summed E-state index contributed by atoms with van der Waals surface area (Å²) in [5, 5.41) is 4.51. The summed E-state index contributed by atoms with van der Waals surface area (Å²) >= 11 is 0. The highest BCUT2D eigenvalue weighted by Gasteiger charge is 2.19. The highest BCUT2D eigenvalue weighted by molar-refractivity contribution is 6.10. The number of rotatable bonds is 4. The molecule has 8 rings (SSSR count). The van der Waals surface area contributed by atoms with E-state index in [-0.39, 0.29) is 10.8 Å². The van der Waals surface area contributed by atoms with E-state index in [0.717, 1.165) is 61.4 Å². The minimum Gasteiger partial charge on any atom is -0.457 e. The third kappa shape index (κ3) is 4.92. The van der Waals surface area contributed by atoms with Crippen molar-refractivity contribution in [2.45, 2.75) is 52.4 Å². The third-order valence-electron chi connectivity index (χ3n) is 9.11. The molecule has 47 heavy (non-hydrogen) atoms. The molecule has 0 bridgehead atoms. The van der Waals surface area contributed by atoms with Crippen molar-refractivity contribution in [3.63, 3.8) is 0 Å². The van der Waals surface area contributed by atoms with Crippen LogP contribution in [0.3, 0.4) is 0 Å². The SMILES string of the molecule is CC(C)(C)c1ccc(-n2c3ccccc3c3ccc(Oc4ccc5c6cnccc6n(-c6ccc(C(C)(C)C)cn6)c5c4)cc32)nc1. The second kappa shape index (κ2) is 10.5. The average Bonchev–Trinajstić information content (AvgIpc) is 3.56. The summed E-state index contributed by atoms with van der Waals surface area (Å²) in [4.78, 5) is 14.3. The maximum atomic E-state index is 6.61. The molecule has 232 valence electrons. The molecule has 0 N–H and O–H groups in total. The molecule has 6 nitrogen and oxygen atoms in total. The van der Waals surface area contributed by atoms with Gasteiger partial charge in [0, 0.05) is 58.5 Å². The largest absolute Gasteiger partial charge is 0.457 e. The van der Waals surface area contributed by atoms with Gasteiger partial charge >= 0.3 is 0 Å². The molecule has 0 unspecified atom stereocenters. The second-order valence-corrected chi connectivity index (χ2v) is 14.4. The lowest BCUT2D eigenvalue weighted by atomic mass is 9.88. The van der Waals surface area contributed by atoms with E-state index in [2.05, 4.69) is 128 Å². The maximum Gasteiger partial charge on any atom is 0.137 e. The zero-order chi connectivity index (χ0) is 32.5. The monoisotopic (exact) mass is 615 g/mol. The number of ether oxygens (including phenoxy) is 1. The molecule has 0 aliphatic heterocycles. The summed E-state index contributed by atoms with van der Waals surface area (Å²) in [6.07, 6.45) is 7.73. The van der Waals surface area contributed by atoms with Crippen LogP contribution in [0.4, 0.5) is 0 Å². The Bertz CT molecular complexity index is 2260. The number of aromatic nitrogens is 5. The number of hydrogen-bond donors (Lipinski definition) is 0. The Balaban J connectivity index is 1.24. The summed E-state index contributed by atoms with van der Waals surface area (Å²) in [5.41, 5.74) is 6.68. The number of pyridine rings is 3. The highest BCUT2D eigenvalue weighted by atomic mass is 16.5. The van der Waals surface area contributed by atoms with E-state index in [1.165, 1.54) is 16.5 Å². The van der Waals surface area contributed by atoms with Gasteiger partial charge in [0.25, 0.3) is 0 Å². The van der Waals surface area contributed by atoms with E-state index < -0.39 is 0 Å². The predicted octanol–water partition coefficient (Wildman–Crippen LogP) is 10.5. The molecule has 6 heteroatoms. The maximum absolute atomic E-state index is 6.61. The van der Waals surface area contributed by atoms with Gasteiger partial charge in [-0.15, -0.1) is 0 Å². The number of benzene rings is 3. The van der Waals surface area contributed by atoms with Crippen molar-refractivity contribution in [2.75, 3.05) is 0 Å². The molecule has 5 aromatic heterocycles. The van der Waals surface area contributed by atoms with Gasteiger partial charge in [-0.25, -0.2) is 9.97 Å². The molecular formula is C41H37N5O. The first-order valence-corrected chi connectivity index (χ1v) is 16.1. The van der Waals surface area contributed by atoms with E-state index >= 15 is 0 Å². The molecule has 0 atom stereocenters. The van der Waals surface area contributed by atoms with Crippen LogP contribution >= 0.6 is 0 Å². The number of para-hydroxylation sites is 1. The van der Waals surface area contributed by atoms with Gasteiger partial charge in [-0.1, -0.05) is 71.9 Å².